The van der Waals surface area contributed by atoms with Gasteiger partial charge < -0.3 is 9.84 Å². The van der Waals surface area contributed by atoms with Gasteiger partial charge in [-0.3, -0.25) is 4.79 Å². The molecule has 0 fully saturated rings. The number of benzene rings is 2. The minimum atomic E-state index is -1.03. The van der Waals surface area contributed by atoms with Crippen molar-refractivity contribution in [2.45, 2.75) is 26.4 Å². The molecule has 10 heteroatoms. The second-order valence-electron chi connectivity index (χ2n) is 6.32. The Balaban J connectivity index is 2.01. The lowest BCUT2D eigenvalue weighted by Crippen LogP contribution is -2.23. The fourth-order valence-electron chi connectivity index (χ4n) is 2.66. The van der Waals surface area contributed by atoms with Gasteiger partial charge in [-0.25, -0.2) is 9.78 Å². The molecule has 0 aliphatic heterocycles. The van der Waals surface area contributed by atoms with Gasteiger partial charge in [0.2, 0.25) is 0 Å². The van der Waals surface area contributed by atoms with Gasteiger partial charge in [0.25, 0.3) is 5.56 Å². The van der Waals surface area contributed by atoms with Gasteiger partial charge in [-0.1, -0.05) is 22.9 Å². The number of fused-ring (bicyclic) bond motifs is 1. The zero-order chi connectivity index (χ0) is 22.0. The topological polar surface area (TPSA) is 93.8 Å². The molecule has 3 aromatic rings. The third kappa shape index (κ3) is 5.02. The van der Waals surface area contributed by atoms with E-state index in [1.54, 1.807) is 18.3 Å². The average molecular weight is 696 g/mol. The number of ether oxygens (including phenoxy) is 1. The Morgan fingerprint density at radius 3 is 2.60 bits per heavy atom. The van der Waals surface area contributed by atoms with Gasteiger partial charge in [0.1, 0.15) is 11.6 Å². The van der Waals surface area contributed by atoms with Crippen molar-refractivity contribution >= 4 is 84.2 Å². The number of carboxylic acid groups (broad SMARTS) is 1. The van der Waals surface area contributed by atoms with Crippen LogP contribution in [0.5, 0.6) is 5.75 Å². The normalized spacial score (nSPS) is 12.4. The molecule has 2 aromatic carbocycles. The second-order valence-corrected chi connectivity index (χ2v) is 9.56. The molecular weight excluding hydrogens is 680 g/mol. The molecule has 0 unspecified atom stereocenters. The summed E-state index contributed by atoms with van der Waals surface area (Å²) in [6.07, 6.45) is 1.18. The van der Waals surface area contributed by atoms with E-state index in [4.69, 9.17) is 9.84 Å². The summed E-state index contributed by atoms with van der Waals surface area (Å²) in [5.74, 6) is 0.0340. The van der Waals surface area contributed by atoms with Crippen molar-refractivity contribution < 1.29 is 14.6 Å². The molecule has 0 radical (unpaired) electrons. The maximum atomic E-state index is 13.0. The molecule has 0 saturated carbocycles. The standard InChI is InChI=1S/C20H16BrI2N3O4/c1-3-17-25-16-5-4-12(21)8-13(16)19(27)26(17)24-9-11-6-14(22)18(15(23)7-11)30-10(2)20(28)29/h4-10H,3H2,1-2H3,(H,28,29)/t10-/m0/s1. The van der Waals surface area contributed by atoms with Crippen LogP contribution >= 0.6 is 61.1 Å². The minimum Gasteiger partial charge on any atom is -0.479 e. The Kier molecular flexibility index (Phi) is 7.50. The van der Waals surface area contributed by atoms with Gasteiger partial charge in [-0.15, -0.1) is 0 Å². The molecule has 156 valence electrons. The fourth-order valence-corrected chi connectivity index (χ4v) is 5.09. The number of carboxylic acids is 1. The van der Waals surface area contributed by atoms with E-state index in [-0.39, 0.29) is 5.56 Å². The first kappa shape index (κ1) is 23.1. The van der Waals surface area contributed by atoms with Gasteiger partial charge in [-0.05, 0) is 88.0 Å². The third-order valence-electron chi connectivity index (χ3n) is 4.18. The fraction of sp³-hybridized carbons (Fsp3) is 0.200. The molecule has 0 amide bonds. The lowest BCUT2D eigenvalue weighted by Gasteiger charge is -2.14. The van der Waals surface area contributed by atoms with Crippen LogP contribution in [-0.2, 0) is 11.2 Å². The van der Waals surface area contributed by atoms with Crippen molar-refractivity contribution in [3.8, 4) is 5.75 Å². The predicted octanol–water partition coefficient (Wildman–Crippen LogP) is 4.66. The molecule has 0 aliphatic rings. The molecule has 0 aliphatic carbocycles. The summed E-state index contributed by atoms with van der Waals surface area (Å²) in [6, 6.07) is 9.02. The SMILES string of the molecule is CCc1nc2ccc(Br)cc2c(=O)n1N=Cc1cc(I)c(O[C@@H](C)C(=O)O)c(I)c1. The van der Waals surface area contributed by atoms with Crippen LogP contribution < -0.4 is 10.3 Å². The molecule has 7 nitrogen and oxygen atoms in total. The summed E-state index contributed by atoms with van der Waals surface area (Å²) in [5, 5.41) is 13.9. The largest absolute Gasteiger partial charge is 0.479 e. The second kappa shape index (κ2) is 9.73. The molecule has 1 aromatic heterocycles. The zero-order valence-corrected chi connectivity index (χ0v) is 21.8. The first-order valence-electron chi connectivity index (χ1n) is 8.85. The van der Waals surface area contributed by atoms with Crippen LogP contribution in [0.3, 0.4) is 0 Å². The number of hydrogen-bond acceptors (Lipinski definition) is 5. The maximum absolute atomic E-state index is 13.0. The molecule has 1 N–H and O–H groups in total. The van der Waals surface area contributed by atoms with Crippen molar-refractivity contribution in [3.63, 3.8) is 0 Å². The van der Waals surface area contributed by atoms with Crippen molar-refractivity contribution in [2.24, 2.45) is 5.10 Å². The highest BCUT2D eigenvalue weighted by atomic mass is 127. The van der Waals surface area contributed by atoms with E-state index in [1.807, 2.05) is 25.1 Å². The third-order valence-corrected chi connectivity index (χ3v) is 6.27. The summed E-state index contributed by atoms with van der Waals surface area (Å²) in [5.41, 5.74) is 1.14. The monoisotopic (exact) mass is 695 g/mol. The van der Waals surface area contributed by atoms with Crippen LogP contribution in [-0.4, -0.2) is 33.1 Å². The molecule has 0 saturated heterocycles. The Bertz CT molecular complexity index is 1200. The molecular formula is C20H16BrI2N3O4. The number of hydrogen-bond donors (Lipinski definition) is 1. The van der Waals surface area contributed by atoms with E-state index in [2.05, 4.69) is 71.2 Å². The minimum absolute atomic E-state index is 0.242. The van der Waals surface area contributed by atoms with Crippen LogP contribution in [0.4, 0.5) is 0 Å². The van der Waals surface area contributed by atoms with Gasteiger partial charge in [0.15, 0.2) is 6.10 Å². The summed E-state index contributed by atoms with van der Waals surface area (Å²) < 4.78 is 9.14. The van der Waals surface area contributed by atoms with Crippen molar-refractivity contribution in [2.75, 3.05) is 0 Å². The smallest absolute Gasteiger partial charge is 0.344 e. The van der Waals surface area contributed by atoms with E-state index in [0.29, 0.717) is 28.9 Å². The van der Waals surface area contributed by atoms with Gasteiger partial charge >= 0.3 is 5.97 Å². The molecule has 3 rings (SSSR count). The highest BCUT2D eigenvalue weighted by Crippen LogP contribution is 2.29. The number of aryl methyl sites for hydroxylation is 1. The highest BCUT2D eigenvalue weighted by molar-refractivity contribution is 14.1. The quantitative estimate of drug-likeness (QED) is 0.299. The van der Waals surface area contributed by atoms with E-state index in [0.717, 1.165) is 17.2 Å². The summed E-state index contributed by atoms with van der Waals surface area (Å²) >= 11 is 7.56. The lowest BCUT2D eigenvalue weighted by molar-refractivity contribution is -0.144. The van der Waals surface area contributed by atoms with Crippen LogP contribution in [0.2, 0.25) is 0 Å². The summed E-state index contributed by atoms with van der Waals surface area (Å²) in [7, 11) is 0. The molecule has 0 spiro atoms. The van der Waals surface area contributed by atoms with Gasteiger partial charge in [-0.2, -0.15) is 9.78 Å². The Morgan fingerprint density at radius 1 is 1.33 bits per heavy atom. The molecule has 1 atom stereocenters. The van der Waals surface area contributed by atoms with Crippen LogP contribution in [0.1, 0.15) is 25.2 Å². The highest BCUT2D eigenvalue weighted by Gasteiger charge is 2.17. The van der Waals surface area contributed by atoms with Gasteiger partial charge in [0, 0.05) is 10.9 Å². The van der Waals surface area contributed by atoms with E-state index in [1.165, 1.54) is 11.6 Å². The predicted molar refractivity (Wildman–Crippen MR) is 136 cm³/mol. The van der Waals surface area contributed by atoms with Crippen LogP contribution in [0, 0.1) is 7.14 Å². The van der Waals surface area contributed by atoms with Gasteiger partial charge in [0.05, 0.1) is 24.3 Å². The number of rotatable bonds is 6. The Labute approximate surface area is 207 Å². The lowest BCUT2D eigenvalue weighted by atomic mass is 10.2. The summed E-state index contributed by atoms with van der Waals surface area (Å²) in [6.45, 7) is 3.40. The van der Waals surface area contributed by atoms with Crippen LogP contribution in [0.25, 0.3) is 10.9 Å². The van der Waals surface area contributed by atoms with Crippen molar-refractivity contribution in [3.05, 3.63) is 63.7 Å². The number of aromatic nitrogens is 2. The summed E-state index contributed by atoms with van der Waals surface area (Å²) in [4.78, 5) is 28.6. The van der Waals surface area contributed by atoms with E-state index in [9.17, 15) is 9.59 Å². The van der Waals surface area contributed by atoms with E-state index < -0.39 is 12.1 Å². The van der Waals surface area contributed by atoms with Crippen molar-refractivity contribution in [1.82, 2.24) is 9.66 Å². The van der Waals surface area contributed by atoms with Crippen LogP contribution in [0.15, 0.2) is 44.7 Å². The Hall–Kier alpha value is -1.54. The number of nitrogens with zero attached hydrogens (tertiary/aromatic N) is 3. The molecule has 30 heavy (non-hydrogen) atoms. The number of aliphatic carboxylic acids is 1. The number of halogens is 3. The molecule has 1 heterocycles. The zero-order valence-electron chi connectivity index (χ0n) is 15.9. The first-order chi connectivity index (χ1) is 14.2. The van der Waals surface area contributed by atoms with Crippen molar-refractivity contribution in [1.29, 1.82) is 0 Å². The average Bonchev–Trinajstić information content (AvgIpc) is 2.70. The molecule has 0 bridgehead atoms. The number of carbonyl (C=O) groups is 1. The Morgan fingerprint density at radius 2 is 2.00 bits per heavy atom. The maximum Gasteiger partial charge on any atom is 0.344 e. The first-order valence-corrected chi connectivity index (χ1v) is 11.8. The van der Waals surface area contributed by atoms with E-state index >= 15 is 0 Å².